The van der Waals surface area contributed by atoms with Crippen LogP contribution in [-0.4, -0.2) is 54.3 Å². The molecule has 1 aliphatic heterocycles. The Bertz CT molecular complexity index is 588. The highest BCUT2D eigenvalue weighted by molar-refractivity contribution is 9.10. The number of hydrogen-bond acceptors (Lipinski definition) is 3. The van der Waals surface area contributed by atoms with Crippen LogP contribution >= 0.6 is 15.9 Å². The van der Waals surface area contributed by atoms with E-state index in [2.05, 4.69) is 46.1 Å². The van der Waals surface area contributed by atoms with Gasteiger partial charge in [0.25, 0.3) is 0 Å². The van der Waals surface area contributed by atoms with Gasteiger partial charge >= 0.3 is 0 Å². The number of carbonyl (C=O) groups excluding carboxylic acids is 2. The highest BCUT2D eigenvalue weighted by Crippen LogP contribution is 2.27. The minimum Gasteiger partial charge on any atom is -0.346 e. The molecule has 0 aromatic heterocycles. The molecular weight excluding hydrogens is 382 g/mol. The molecule has 0 saturated carbocycles. The Morgan fingerprint density at radius 2 is 1.96 bits per heavy atom. The van der Waals surface area contributed by atoms with Gasteiger partial charge in [0, 0.05) is 23.6 Å². The van der Waals surface area contributed by atoms with Crippen molar-refractivity contribution in [2.75, 3.05) is 32.7 Å². The smallest absolute Gasteiger partial charge is 0.241 e. The first-order valence-electron chi connectivity index (χ1n) is 9.06. The van der Waals surface area contributed by atoms with Crippen LogP contribution in [0.3, 0.4) is 0 Å². The zero-order valence-corrected chi connectivity index (χ0v) is 16.7. The van der Waals surface area contributed by atoms with E-state index in [1.54, 1.807) is 0 Å². The largest absolute Gasteiger partial charge is 0.346 e. The first-order chi connectivity index (χ1) is 12.0. The molecule has 1 aliphatic rings. The van der Waals surface area contributed by atoms with Gasteiger partial charge in [-0.1, -0.05) is 41.1 Å². The number of halogens is 1. The van der Waals surface area contributed by atoms with Crippen LogP contribution < -0.4 is 5.32 Å². The van der Waals surface area contributed by atoms with Crippen LogP contribution in [0, 0.1) is 0 Å². The van der Waals surface area contributed by atoms with Crippen LogP contribution in [0.5, 0.6) is 0 Å². The zero-order chi connectivity index (χ0) is 18.2. The molecule has 0 bridgehead atoms. The Balaban J connectivity index is 1.90. The second-order valence-electron chi connectivity index (χ2n) is 6.53. The molecular formula is C19H28BrN3O2. The third-order valence-electron chi connectivity index (χ3n) is 4.66. The van der Waals surface area contributed by atoms with Crippen molar-refractivity contribution in [2.24, 2.45) is 0 Å². The van der Waals surface area contributed by atoms with Crippen molar-refractivity contribution in [3.8, 4) is 0 Å². The average molecular weight is 410 g/mol. The lowest BCUT2D eigenvalue weighted by atomic mass is 10.1. The predicted molar refractivity (Wildman–Crippen MR) is 103 cm³/mol. The predicted octanol–water partition coefficient (Wildman–Crippen LogP) is 2.96. The summed E-state index contributed by atoms with van der Waals surface area (Å²) in [7, 11) is 0. The van der Waals surface area contributed by atoms with E-state index in [9.17, 15) is 9.59 Å². The van der Waals surface area contributed by atoms with E-state index >= 15 is 0 Å². The molecule has 138 valence electrons. The number of nitrogens with one attached hydrogen (secondary N) is 1. The van der Waals surface area contributed by atoms with Crippen molar-refractivity contribution in [1.82, 2.24) is 15.1 Å². The Kier molecular flexibility index (Phi) is 7.90. The van der Waals surface area contributed by atoms with Crippen molar-refractivity contribution in [2.45, 2.75) is 39.2 Å². The van der Waals surface area contributed by atoms with Gasteiger partial charge in [-0.2, -0.15) is 0 Å². The summed E-state index contributed by atoms with van der Waals surface area (Å²) in [5.74, 6) is -0.0772. The molecule has 1 fully saturated rings. The van der Waals surface area contributed by atoms with Gasteiger partial charge in [0.05, 0.1) is 13.1 Å². The molecule has 1 unspecified atom stereocenters. The maximum atomic E-state index is 12.3. The maximum Gasteiger partial charge on any atom is 0.241 e. The highest BCUT2D eigenvalue weighted by atomic mass is 79.9. The first-order valence-corrected chi connectivity index (χ1v) is 9.85. The molecule has 0 aliphatic carbocycles. The van der Waals surface area contributed by atoms with E-state index in [4.69, 9.17) is 0 Å². The summed E-state index contributed by atoms with van der Waals surface area (Å²) in [6, 6.07) is 8.21. The van der Waals surface area contributed by atoms with Crippen molar-refractivity contribution in [1.29, 1.82) is 0 Å². The summed E-state index contributed by atoms with van der Waals surface area (Å²) >= 11 is 3.59. The van der Waals surface area contributed by atoms with Gasteiger partial charge in [-0.15, -0.1) is 0 Å². The molecule has 25 heavy (non-hydrogen) atoms. The number of amides is 2. The molecule has 1 aromatic carbocycles. The van der Waals surface area contributed by atoms with E-state index in [1.807, 2.05) is 23.1 Å². The van der Waals surface area contributed by atoms with E-state index in [0.29, 0.717) is 6.54 Å². The minimum absolute atomic E-state index is 0.0201. The molecule has 2 rings (SSSR count). The number of carbonyl (C=O) groups is 2. The van der Waals surface area contributed by atoms with Crippen molar-refractivity contribution in [3.05, 3.63) is 34.3 Å². The first kappa shape index (κ1) is 19.9. The standard InChI is InChI=1S/C19H28BrN3O2/c1-3-10-23(15(2)16-8-4-5-9-17(16)20)14-18(24)21-13-19(25)22-11-6-7-12-22/h4-5,8-9,15H,3,6-7,10-14H2,1-2H3,(H,21,24). The third-order valence-corrected chi connectivity index (χ3v) is 5.38. The Morgan fingerprint density at radius 1 is 1.28 bits per heavy atom. The molecule has 6 heteroatoms. The summed E-state index contributed by atoms with van der Waals surface area (Å²) in [5, 5.41) is 2.79. The van der Waals surface area contributed by atoms with E-state index < -0.39 is 0 Å². The van der Waals surface area contributed by atoms with Crippen LogP contribution in [0.15, 0.2) is 28.7 Å². The maximum absolute atomic E-state index is 12.3. The van der Waals surface area contributed by atoms with Gasteiger partial charge in [-0.25, -0.2) is 0 Å². The minimum atomic E-state index is -0.0973. The van der Waals surface area contributed by atoms with Gasteiger partial charge in [0.2, 0.25) is 11.8 Å². The van der Waals surface area contributed by atoms with Crippen LogP contribution in [0.4, 0.5) is 0 Å². The number of nitrogens with zero attached hydrogens (tertiary/aromatic N) is 2. The lowest BCUT2D eigenvalue weighted by Crippen LogP contribution is -2.43. The van der Waals surface area contributed by atoms with E-state index in [0.717, 1.165) is 48.9 Å². The van der Waals surface area contributed by atoms with Gasteiger partial charge in [-0.3, -0.25) is 14.5 Å². The van der Waals surface area contributed by atoms with Gasteiger partial charge in [0.15, 0.2) is 0 Å². The Morgan fingerprint density at radius 3 is 2.60 bits per heavy atom. The fraction of sp³-hybridized carbons (Fsp3) is 0.579. The second-order valence-corrected chi connectivity index (χ2v) is 7.39. The van der Waals surface area contributed by atoms with Crippen LogP contribution in [0.2, 0.25) is 0 Å². The second kappa shape index (κ2) is 9.92. The molecule has 2 amide bonds. The number of likely N-dealkylation sites (tertiary alicyclic amines) is 1. The van der Waals surface area contributed by atoms with E-state index in [-0.39, 0.29) is 24.4 Å². The highest BCUT2D eigenvalue weighted by Gasteiger charge is 2.21. The summed E-state index contributed by atoms with van der Waals surface area (Å²) in [6.07, 6.45) is 3.09. The van der Waals surface area contributed by atoms with Crippen LogP contribution in [0.1, 0.15) is 44.7 Å². The molecule has 1 aromatic rings. The molecule has 0 radical (unpaired) electrons. The summed E-state index contributed by atoms with van der Waals surface area (Å²) in [5.41, 5.74) is 1.16. The number of rotatable bonds is 8. The van der Waals surface area contributed by atoms with E-state index in [1.165, 1.54) is 0 Å². The molecule has 1 heterocycles. The molecule has 1 N–H and O–H groups in total. The number of benzene rings is 1. The molecule has 5 nitrogen and oxygen atoms in total. The normalized spacial score (nSPS) is 15.4. The fourth-order valence-electron chi connectivity index (χ4n) is 3.20. The molecule has 1 atom stereocenters. The number of hydrogen-bond donors (Lipinski definition) is 1. The lowest BCUT2D eigenvalue weighted by Gasteiger charge is -2.29. The summed E-state index contributed by atoms with van der Waals surface area (Å²) < 4.78 is 1.05. The van der Waals surface area contributed by atoms with Gasteiger partial charge in [0.1, 0.15) is 0 Å². The van der Waals surface area contributed by atoms with Gasteiger partial charge in [-0.05, 0) is 44.4 Å². The third kappa shape index (κ3) is 5.82. The van der Waals surface area contributed by atoms with Crippen molar-refractivity contribution < 1.29 is 9.59 Å². The van der Waals surface area contributed by atoms with Crippen LogP contribution in [0.25, 0.3) is 0 Å². The van der Waals surface area contributed by atoms with Crippen LogP contribution in [-0.2, 0) is 9.59 Å². The molecule has 1 saturated heterocycles. The molecule has 0 spiro atoms. The lowest BCUT2D eigenvalue weighted by molar-refractivity contribution is -0.132. The van der Waals surface area contributed by atoms with Crippen molar-refractivity contribution in [3.63, 3.8) is 0 Å². The fourth-order valence-corrected chi connectivity index (χ4v) is 3.82. The SMILES string of the molecule is CCCN(CC(=O)NCC(=O)N1CCCC1)C(C)c1ccccc1Br. The topological polar surface area (TPSA) is 52.7 Å². The van der Waals surface area contributed by atoms with Crippen molar-refractivity contribution >= 4 is 27.7 Å². The monoisotopic (exact) mass is 409 g/mol. The Hall–Kier alpha value is -1.40. The summed E-state index contributed by atoms with van der Waals surface area (Å²) in [4.78, 5) is 28.4. The van der Waals surface area contributed by atoms with Gasteiger partial charge < -0.3 is 10.2 Å². The quantitative estimate of drug-likeness (QED) is 0.717. The summed E-state index contributed by atoms with van der Waals surface area (Å²) in [6.45, 7) is 7.07. The Labute approximate surface area is 158 Å². The zero-order valence-electron chi connectivity index (χ0n) is 15.1. The average Bonchev–Trinajstić information content (AvgIpc) is 3.14.